The first-order valence-electron chi connectivity index (χ1n) is 9.45. The minimum Gasteiger partial charge on any atom is -0.497 e. The molecule has 0 N–H and O–H groups in total. The summed E-state index contributed by atoms with van der Waals surface area (Å²) in [5.74, 6) is -0.733. The third-order valence-corrected chi connectivity index (χ3v) is 4.99. The van der Waals surface area contributed by atoms with E-state index in [1.807, 2.05) is 18.2 Å². The van der Waals surface area contributed by atoms with Crippen LogP contribution >= 0.6 is 0 Å². The number of para-hydroxylation sites is 1. The predicted molar refractivity (Wildman–Crippen MR) is 111 cm³/mol. The number of rotatable bonds is 7. The maximum atomic E-state index is 12.5. The summed E-state index contributed by atoms with van der Waals surface area (Å²) in [7, 11) is 4.65. The van der Waals surface area contributed by atoms with Crippen LogP contribution in [0.3, 0.4) is 0 Å². The Morgan fingerprint density at radius 1 is 1.10 bits per heavy atom. The molecular formula is C22H24N2O6. The van der Waals surface area contributed by atoms with Crippen molar-refractivity contribution in [2.45, 2.75) is 6.42 Å². The molecule has 2 aromatic carbocycles. The van der Waals surface area contributed by atoms with Crippen molar-refractivity contribution in [3.8, 4) is 11.5 Å². The summed E-state index contributed by atoms with van der Waals surface area (Å²) in [4.78, 5) is 40.2. The van der Waals surface area contributed by atoms with E-state index in [4.69, 9.17) is 14.2 Å². The van der Waals surface area contributed by atoms with Crippen LogP contribution < -0.4 is 19.3 Å². The van der Waals surface area contributed by atoms with Gasteiger partial charge in [0.05, 0.1) is 25.8 Å². The third kappa shape index (κ3) is 4.53. The van der Waals surface area contributed by atoms with Gasteiger partial charge in [-0.1, -0.05) is 18.2 Å². The Labute approximate surface area is 174 Å². The number of carbonyl (C=O) groups excluding carboxylic acids is 3. The van der Waals surface area contributed by atoms with Gasteiger partial charge in [-0.15, -0.1) is 0 Å². The summed E-state index contributed by atoms with van der Waals surface area (Å²) in [5, 5.41) is 0. The zero-order chi connectivity index (χ0) is 21.7. The van der Waals surface area contributed by atoms with Gasteiger partial charge in [-0.25, -0.2) is 0 Å². The molecule has 2 amide bonds. The van der Waals surface area contributed by atoms with Gasteiger partial charge >= 0.3 is 5.97 Å². The fourth-order valence-corrected chi connectivity index (χ4v) is 3.25. The first-order valence-corrected chi connectivity index (χ1v) is 9.45. The van der Waals surface area contributed by atoms with Crippen LogP contribution in [0, 0.1) is 5.92 Å². The second-order valence-corrected chi connectivity index (χ2v) is 6.84. The van der Waals surface area contributed by atoms with Crippen LogP contribution in [0.5, 0.6) is 11.5 Å². The maximum absolute atomic E-state index is 12.5. The molecule has 0 unspecified atom stereocenters. The summed E-state index contributed by atoms with van der Waals surface area (Å²) >= 11 is 0. The number of nitrogens with zero attached hydrogens (tertiary/aromatic N) is 2. The van der Waals surface area contributed by atoms with Gasteiger partial charge in [-0.3, -0.25) is 14.4 Å². The van der Waals surface area contributed by atoms with Crippen molar-refractivity contribution >= 4 is 29.2 Å². The van der Waals surface area contributed by atoms with Crippen molar-refractivity contribution in [1.29, 1.82) is 0 Å². The summed E-state index contributed by atoms with van der Waals surface area (Å²) in [5.41, 5.74) is 1.26. The highest BCUT2D eigenvalue weighted by atomic mass is 16.5. The van der Waals surface area contributed by atoms with Gasteiger partial charge in [-0.2, -0.15) is 0 Å². The molecule has 8 heteroatoms. The van der Waals surface area contributed by atoms with E-state index < -0.39 is 11.9 Å². The highest BCUT2D eigenvalue weighted by molar-refractivity contribution is 6.01. The number of likely N-dealkylation sites (N-methyl/N-ethyl adjacent to an activating group) is 1. The number of hydrogen-bond acceptors (Lipinski definition) is 6. The normalized spacial score (nSPS) is 15.6. The van der Waals surface area contributed by atoms with Gasteiger partial charge in [0.15, 0.2) is 6.61 Å². The SMILES string of the molecule is COc1ccc(N2C[C@@H](C(=O)OCC(=O)N(C)c3ccccc3)CC2=O)c(OC)c1. The molecule has 2 aromatic rings. The van der Waals surface area contributed by atoms with E-state index in [-0.39, 0.29) is 31.4 Å². The minimum atomic E-state index is -0.654. The van der Waals surface area contributed by atoms with Gasteiger partial charge in [0.2, 0.25) is 5.91 Å². The van der Waals surface area contributed by atoms with Gasteiger partial charge in [0, 0.05) is 31.8 Å². The van der Waals surface area contributed by atoms with E-state index in [1.165, 1.54) is 24.0 Å². The second-order valence-electron chi connectivity index (χ2n) is 6.84. The lowest BCUT2D eigenvalue weighted by molar-refractivity contribution is -0.151. The molecule has 0 aromatic heterocycles. The van der Waals surface area contributed by atoms with E-state index in [0.29, 0.717) is 22.9 Å². The smallest absolute Gasteiger partial charge is 0.311 e. The molecule has 0 radical (unpaired) electrons. The summed E-state index contributed by atoms with van der Waals surface area (Å²) in [6, 6.07) is 14.2. The van der Waals surface area contributed by atoms with Crippen LogP contribution in [-0.4, -0.2) is 52.2 Å². The van der Waals surface area contributed by atoms with Crippen LogP contribution in [0.15, 0.2) is 48.5 Å². The molecule has 1 aliphatic rings. The molecule has 30 heavy (non-hydrogen) atoms. The number of anilines is 2. The van der Waals surface area contributed by atoms with Crippen molar-refractivity contribution in [3.63, 3.8) is 0 Å². The summed E-state index contributed by atoms with van der Waals surface area (Å²) in [6.07, 6.45) is 0.0106. The summed E-state index contributed by atoms with van der Waals surface area (Å²) in [6.45, 7) is -0.232. The molecule has 1 aliphatic heterocycles. The van der Waals surface area contributed by atoms with Crippen molar-refractivity contribution < 1.29 is 28.6 Å². The van der Waals surface area contributed by atoms with Crippen LogP contribution in [0.25, 0.3) is 0 Å². The second kappa shape index (κ2) is 9.30. The van der Waals surface area contributed by atoms with Gasteiger partial charge in [-0.05, 0) is 24.3 Å². The lowest BCUT2D eigenvalue weighted by Gasteiger charge is -2.20. The Balaban J connectivity index is 1.61. The van der Waals surface area contributed by atoms with Crippen LogP contribution in [-0.2, 0) is 19.1 Å². The number of methoxy groups -OCH3 is 2. The zero-order valence-electron chi connectivity index (χ0n) is 17.2. The average Bonchev–Trinajstić information content (AvgIpc) is 3.18. The number of hydrogen-bond donors (Lipinski definition) is 0. The van der Waals surface area contributed by atoms with Crippen LogP contribution in [0.4, 0.5) is 11.4 Å². The Morgan fingerprint density at radius 3 is 2.50 bits per heavy atom. The Bertz CT molecular complexity index is 930. The number of amides is 2. The standard InChI is InChI=1S/C22H24N2O6/c1-23(16-7-5-4-6-8-16)21(26)14-30-22(27)15-11-20(25)24(13-15)18-10-9-17(28-2)12-19(18)29-3/h4-10,12,15H,11,13-14H2,1-3H3/t15-/m0/s1. The molecule has 0 aliphatic carbocycles. The number of esters is 1. The van der Waals surface area contributed by atoms with E-state index in [1.54, 1.807) is 37.4 Å². The van der Waals surface area contributed by atoms with Gasteiger partial charge < -0.3 is 24.0 Å². The summed E-state index contributed by atoms with van der Waals surface area (Å²) < 4.78 is 15.7. The first-order chi connectivity index (χ1) is 14.4. The lowest BCUT2D eigenvalue weighted by Crippen LogP contribution is -2.33. The van der Waals surface area contributed by atoms with Gasteiger partial charge in [0.25, 0.3) is 5.91 Å². The molecular weight excluding hydrogens is 388 g/mol. The minimum absolute atomic E-state index is 0.0106. The fraction of sp³-hybridized carbons (Fsp3) is 0.318. The topological polar surface area (TPSA) is 85.4 Å². The Morgan fingerprint density at radius 2 is 1.83 bits per heavy atom. The molecule has 158 valence electrons. The molecule has 1 heterocycles. The molecule has 0 bridgehead atoms. The van der Waals surface area contributed by atoms with Crippen molar-refractivity contribution in [3.05, 3.63) is 48.5 Å². The highest BCUT2D eigenvalue weighted by Gasteiger charge is 2.37. The molecule has 1 saturated heterocycles. The number of carbonyl (C=O) groups is 3. The van der Waals surface area contributed by atoms with E-state index in [0.717, 1.165) is 0 Å². The molecule has 3 rings (SSSR count). The van der Waals surface area contributed by atoms with E-state index in [9.17, 15) is 14.4 Å². The Hall–Kier alpha value is -3.55. The highest BCUT2D eigenvalue weighted by Crippen LogP contribution is 2.36. The first kappa shape index (κ1) is 21.2. The lowest BCUT2D eigenvalue weighted by atomic mass is 10.1. The molecule has 8 nitrogen and oxygen atoms in total. The predicted octanol–water partition coefficient (Wildman–Crippen LogP) is 2.26. The van der Waals surface area contributed by atoms with Crippen molar-refractivity contribution in [2.75, 3.05) is 44.2 Å². The molecule has 0 saturated carbocycles. The zero-order valence-corrected chi connectivity index (χ0v) is 17.2. The van der Waals surface area contributed by atoms with Crippen LogP contribution in [0.1, 0.15) is 6.42 Å². The quantitative estimate of drug-likeness (QED) is 0.649. The third-order valence-electron chi connectivity index (χ3n) is 4.99. The fourth-order valence-electron chi connectivity index (χ4n) is 3.25. The average molecular weight is 412 g/mol. The largest absolute Gasteiger partial charge is 0.497 e. The Kier molecular flexibility index (Phi) is 6.56. The van der Waals surface area contributed by atoms with Crippen LogP contribution in [0.2, 0.25) is 0 Å². The molecule has 0 spiro atoms. The maximum Gasteiger partial charge on any atom is 0.311 e. The monoisotopic (exact) mass is 412 g/mol. The van der Waals surface area contributed by atoms with Crippen molar-refractivity contribution in [1.82, 2.24) is 0 Å². The number of benzene rings is 2. The van der Waals surface area contributed by atoms with Gasteiger partial charge in [0.1, 0.15) is 11.5 Å². The molecule has 1 atom stereocenters. The van der Waals surface area contributed by atoms with E-state index >= 15 is 0 Å². The van der Waals surface area contributed by atoms with E-state index in [2.05, 4.69) is 0 Å². The van der Waals surface area contributed by atoms with Crippen molar-refractivity contribution in [2.24, 2.45) is 5.92 Å². The molecule has 1 fully saturated rings. The number of ether oxygens (including phenoxy) is 3.